The highest BCUT2D eigenvalue weighted by Gasteiger charge is 2.12. The average Bonchev–Trinajstić information content (AvgIpc) is 2.01. The molecular formula is C12H24. The van der Waals surface area contributed by atoms with Gasteiger partial charge in [0.25, 0.3) is 0 Å². The van der Waals surface area contributed by atoms with Gasteiger partial charge in [0.2, 0.25) is 0 Å². The predicted molar refractivity (Wildman–Crippen MR) is 55.3 cm³/mol. The third-order valence-corrected chi connectivity index (χ3v) is 2.68. The first kappa shape index (κ1) is 7.41. The lowest BCUT2D eigenvalue weighted by Crippen LogP contribution is -2.06. The van der Waals surface area contributed by atoms with Gasteiger partial charge in [-0.2, -0.15) is 0 Å². The van der Waals surface area contributed by atoms with Gasteiger partial charge in [0.1, 0.15) is 0 Å². The Kier molecular flexibility index (Phi) is 3.46. The molecule has 0 heteroatoms. The van der Waals surface area contributed by atoms with Gasteiger partial charge < -0.3 is 0 Å². The molecule has 0 saturated heterocycles. The molecule has 1 aliphatic carbocycles. The summed E-state index contributed by atoms with van der Waals surface area (Å²) in [7, 11) is 0. The summed E-state index contributed by atoms with van der Waals surface area (Å²) in [6.07, 6.45) is 7.42. The zero-order chi connectivity index (χ0) is 10.6. The van der Waals surface area contributed by atoms with E-state index in [0.29, 0.717) is 0 Å². The van der Waals surface area contributed by atoms with Crippen molar-refractivity contribution >= 4 is 0 Å². The first-order chi connectivity index (χ1) is 6.52. The Morgan fingerprint density at radius 2 is 2.25 bits per heavy atom. The normalized spacial score (nSPS) is 39.4. The third-order valence-electron chi connectivity index (χ3n) is 2.68. The Labute approximate surface area is 80.6 Å². The van der Waals surface area contributed by atoms with Gasteiger partial charge in [-0.25, -0.2) is 0 Å². The summed E-state index contributed by atoms with van der Waals surface area (Å²) in [5.74, 6) is 0.508. The molecule has 0 aromatic carbocycles. The molecule has 0 spiro atoms. The van der Waals surface area contributed by atoms with Crippen LogP contribution in [0.2, 0.25) is 0 Å². The van der Waals surface area contributed by atoms with Crippen LogP contribution in [0.25, 0.3) is 0 Å². The highest BCUT2D eigenvalue weighted by molar-refractivity contribution is 4.65. The summed E-state index contributed by atoms with van der Waals surface area (Å²) in [6.45, 7) is 4.48. The maximum absolute atomic E-state index is 8.28. The van der Waals surface area contributed by atoms with Crippen LogP contribution in [0.1, 0.15) is 67.9 Å². The molecule has 0 nitrogen and oxygen atoms in total. The molecule has 2 unspecified atom stereocenters. The van der Waals surface area contributed by atoms with Gasteiger partial charge in [-0.05, 0) is 11.8 Å². The fourth-order valence-electron chi connectivity index (χ4n) is 1.89. The largest absolute Gasteiger partial charge is 0.0628 e. The van der Waals surface area contributed by atoms with Gasteiger partial charge in [0.05, 0.1) is 0 Å². The van der Waals surface area contributed by atoms with E-state index in [0.717, 1.165) is 38.0 Å². The molecule has 2 atom stereocenters. The Balaban J connectivity index is 2.26. The summed E-state index contributed by atoms with van der Waals surface area (Å²) in [5.41, 5.74) is 0. The smallest absolute Gasteiger partial charge is 0.0303 e. The van der Waals surface area contributed by atoms with Crippen LogP contribution < -0.4 is 0 Å². The first-order valence-electron chi connectivity index (χ1n) is 6.52. The summed E-state index contributed by atoms with van der Waals surface area (Å²) >= 11 is 0. The molecule has 0 aliphatic heterocycles. The molecule has 0 N–H and O–H groups in total. The SMILES string of the molecule is [2H]C1CCCC([2H])(CCCC(C)C)C1. The number of hydrogen-bond donors (Lipinski definition) is 0. The van der Waals surface area contributed by atoms with E-state index in [4.69, 9.17) is 2.74 Å². The average molecular weight is 170 g/mol. The van der Waals surface area contributed by atoms with Crippen LogP contribution in [-0.4, -0.2) is 0 Å². The lowest BCUT2D eigenvalue weighted by molar-refractivity contribution is 0.323. The fourth-order valence-corrected chi connectivity index (χ4v) is 1.89. The van der Waals surface area contributed by atoms with Crippen LogP contribution in [-0.2, 0) is 0 Å². The summed E-state index contributed by atoms with van der Waals surface area (Å²) in [6, 6.07) is 0. The Bertz CT molecular complexity index is 168. The minimum atomic E-state index is -0.250. The second kappa shape index (κ2) is 5.61. The van der Waals surface area contributed by atoms with E-state index in [-0.39, 0.29) is 12.3 Å². The van der Waals surface area contributed by atoms with Crippen molar-refractivity contribution < 1.29 is 2.74 Å². The molecular weight excluding hydrogens is 144 g/mol. The van der Waals surface area contributed by atoms with E-state index >= 15 is 0 Å². The van der Waals surface area contributed by atoms with Gasteiger partial charge in [0.15, 0.2) is 0 Å². The molecule has 1 fully saturated rings. The minimum absolute atomic E-state index is 0.0419. The van der Waals surface area contributed by atoms with Crippen LogP contribution in [0.5, 0.6) is 0 Å². The van der Waals surface area contributed by atoms with E-state index in [9.17, 15) is 0 Å². The van der Waals surface area contributed by atoms with Crippen LogP contribution in [0, 0.1) is 11.8 Å². The van der Waals surface area contributed by atoms with E-state index in [1.54, 1.807) is 0 Å². The quantitative estimate of drug-likeness (QED) is 0.587. The monoisotopic (exact) mass is 170 g/mol. The van der Waals surface area contributed by atoms with Crippen molar-refractivity contribution in [2.45, 2.75) is 65.2 Å². The van der Waals surface area contributed by atoms with Crippen molar-refractivity contribution in [1.29, 1.82) is 0 Å². The lowest BCUT2D eigenvalue weighted by Gasteiger charge is -2.21. The molecule has 0 bridgehead atoms. The van der Waals surface area contributed by atoms with Crippen molar-refractivity contribution in [2.75, 3.05) is 0 Å². The standard InChI is InChI=1S/C12H24/c1-11(2)7-6-10-12-8-4-3-5-9-12/h11-12H,3-10H2,1-2H3/i4D,12D. The van der Waals surface area contributed by atoms with Crippen LogP contribution in [0.3, 0.4) is 0 Å². The summed E-state index contributed by atoms with van der Waals surface area (Å²) in [4.78, 5) is 0. The van der Waals surface area contributed by atoms with Crippen molar-refractivity contribution in [3.05, 3.63) is 0 Å². The van der Waals surface area contributed by atoms with Crippen molar-refractivity contribution in [2.24, 2.45) is 11.8 Å². The maximum atomic E-state index is 8.28. The van der Waals surface area contributed by atoms with Gasteiger partial charge in [-0.1, -0.05) is 65.2 Å². The fraction of sp³-hybridized carbons (Fsp3) is 1.00. The zero-order valence-corrected chi connectivity index (χ0v) is 8.60. The molecule has 72 valence electrons. The molecule has 0 aromatic rings. The molecule has 1 rings (SSSR count). The molecule has 0 amide bonds. The highest BCUT2D eigenvalue weighted by Crippen LogP contribution is 2.28. The van der Waals surface area contributed by atoms with Crippen LogP contribution in [0.4, 0.5) is 0 Å². The Morgan fingerprint density at radius 3 is 2.92 bits per heavy atom. The van der Waals surface area contributed by atoms with Crippen molar-refractivity contribution in [3.63, 3.8) is 0 Å². The summed E-state index contributed by atoms with van der Waals surface area (Å²) < 4.78 is 16.0. The molecule has 0 radical (unpaired) electrons. The zero-order valence-electron chi connectivity index (χ0n) is 10.6. The van der Waals surface area contributed by atoms with Crippen molar-refractivity contribution in [1.82, 2.24) is 0 Å². The maximum Gasteiger partial charge on any atom is 0.0303 e. The van der Waals surface area contributed by atoms with Crippen LogP contribution >= 0.6 is 0 Å². The number of hydrogen-bond acceptors (Lipinski definition) is 0. The molecule has 0 heterocycles. The second-order valence-electron chi connectivity index (χ2n) is 4.42. The Morgan fingerprint density at radius 1 is 1.42 bits per heavy atom. The van der Waals surface area contributed by atoms with Gasteiger partial charge in [-0.15, -0.1) is 0 Å². The summed E-state index contributed by atoms with van der Waals surface area (Å²) in [5, 5.41) is 0. The van der Waals surface area contributed by atoms with E-state index in [1.165, 1.54) is 12.8 Å². The second-order valence-corrected chi connectivity index (χ2v) is 4.42. The predicted octanol–water partition coefficient (Wildman–Crippen LogP) is 4.39. The Hall–Kier alpha value is 0. The van der Waals surface area contributed by atoms with Crippen LogP contribution in [0.15, 0.2) is 0 Å². The minimum Gasteiger partial charge on any atom is -0.0628 e. The van der Waals surface area contributed by atoms with E-state index in [1.807, 2.05) is 0 Å². The van der Waals surface area contributed by atoms with E-state index in [2.05, 4.69) is 13.8 Å². The van der Waals surface area contributed by atoms with Gasteiger partial charge >= 0.3 is 0 Å². The van der Waals surface area contributed by atoms with Gasteiger partial charge in [-0.3, -0.25) is 0 Å². The van der Waals surface area contributed by atoms with Gasteiger partial charge in [0, 0.05) is 2.74 Å². The number of rotatable bonds is 4. The molecule has 0 aromatic heterocycles. The molecule has 1 saturated carbocycles. The van der Waals surface area contributed by atoms with Crippen molar-refractivity contribution in [3.8, 4) is 0 Å². The lowest BCUT2D eigenvalue weighted by atomic mass is 9.85. The molecule has 12 heavy (non-hydrogen) atoms. The molecule has 1 aliphatic rings. The third kappa shape index (κ3) is 4.13. The highest BCUT2D eigenvalue weighted by atomic mass is 14.2. The topological polar surface area (TPSA) is 0 Å². The van der Waals surface area contributed by atoms with E-state index < -0.39 is 0 Å². The first-order valence-corrected chi connectivity index (χ1v) is 5.44.